The molecule has 0 bridgehead atoms. The fourth-order valence-corrected chi connectivity index (χ4v) is 3.80. The number of piperidine rings is 1. The van der Waals surface area contributed by atoms with Crippen LogP contribution in [0.5, 0.6) is 0 Å². The van der Waals surface area contributed by atoms with Crippen molar-refractivity contribution < 1.29 is 8.42 Å². The van der Waals surface area contributed by atoms with Crippen molar-refractivity contribution in [3.63, 3.8) is 0 Å². The molecule has 0 aromatic heterocycles. The zero-order valence-corrected chi connectivity index (χ0v) is 12.6. The second-order valence-electron chi connectivity index (χ2n) is 6.13. The maximum Gasteiger partial charge on any atom is 0.279 e. The Bertz CT molecular complexity index is 354. The van der Waals surface area contributed by atoms with Gasteiger partial charge in [-0.2, -0.15) is 12.7 Å². The van der Waals surface area contributed by atoms with Crippen LogP contribution < -0.4 is 10.5 Å². The summed E-state index contributed by atoms with van der Waals surface area (Å²) in [6.45, 7) is 8.44. The quantitative estimate of drug-likeness (QED) is 0.758. The summed E-state index contributed by atoms with van der Waals surface area (Å²) >= 11 is 0. The van der Waals surface area contributed by atoms with Crippen molar-refractivity contribution in [1.29, 1.82) is 0 Å². The van der Waals surface area contributed by atoms with Gasteiger partial charge in [-0.05, 0) is 37.1 Å². The molecule has 0 radical (unpaired) electrons. The lowest BCUT2D eigenvalue weighted by Gasteiger charge is -2.32. The number of nitrogens with one attached hydrogen (secondary N) is 1. The van der Waals surface area contributed by atoms with Crippen LogP contribution in [-0.4, -0.2) is 38.9 Å². The molecule has 1 atom stereocenters. The highest BCUT2D eigenvalue weighted by Crippen LogP contribution is 2.20. The SMILES string of the molecule is CC1CCCN(S(=O)(=O)NCC(C)(C)CCN)C1. The fraction of sp³-hybridized carbons (Fsp3) is 1.00. The van der Waals surface area contributed by atoms with Crippen molar-refractivity contribution in [2.45, 2.75) is 40.0 Å². The van der Waals surface area contributed by atoms with Gasteiger partial charge in [-0.1, -0.05) is 20.8 Å². The monoisotopic (exact) mass is 277 g/mol. The van der Waals surface area contributed by atoms with Crippen LogP contribution in [0.15, 0.2) is 0 Å². The maximum atomic E-state index is 12.2. The van der Waals surface area contributed by atoms with E-state index in [9.17, 15) is 8.42 Å². The minimum Gasteiger partial charge on any atom is -0.330 e. The molecule has 0 saturated carbocycles. The largest absolute Gasteiger partial charge is 0.330 e. The molecule has 6 heteroatoms. The molecule has 0 aromatic carbocycles. The van der Waals surface area contributed by atoms with Crippen LogP contribution in [-0.2, 0) is 10.2 Å². The van der Waals surface area contributed by atoms with Crippen LogP contribution in [0.1, 0.15) is 40.0 Å². The Kier molecular flexibility index (Phi) is 5.58. The third-order valence-electron chi connectivity index (χ3n) is 3.51. The molecule has 18 heavy (non-hydrogen) atoms. The first-order valence-corrected chi connectivity index (χ1v) is 8.16. The molecule has 3 N–H and O–H groups in total. The van der Waals surface area contributed by atoms with Crippen LogP contribution in [0.2, 0.25) is 0 Å². The average molecular weight is 277 g/mol. The smallest absolute Gasteiger partial charge is 0.279 e. The summed E-state index contributed by atoms with van der Waals surface area (Å²) in [5.74, 6) is 0.451. The summed E-state index contributed by atoms with van der Waals surface area (Å²) in [5, 5.41) is 0. The standard InChI is InChI=1S/C12H27N3O2S/c1-11-5-4-8-15(9-11)18(16,17)14-10-12(2,3)6-7-13/h11,14H,4-10,13H2,1-3H3. The van der Waals surface area contributed by atoms with Crippen LogP contribution in [0, 0.1) is 11.3 Å². The van der Waals surface area contributed by atoms with Gasteiger partial charge in [0, 0.05) is 19.6 Å². The Balaban J connectivity index is 2.54. The van der Waals surface area contributed by atoms with E-state index in [1.807, 2.05) is 13.8 Å². The molecule has 1 unspecified atom stereocenters. The average Bonchev–Trinajstić information content (AvgIpc) is 2.27. The molecule has 108 valence electrons. The summed E-state index contributed by atoms with van der Waals surface area (Å²) < 4.78 is 28.6. The van der Waals surface area contributed by atoms with Crippen LogP contribution in [0.25, 0.3) is 0 Å². The molecule has 0 aliphatic carbocycles. The molecule has 1 saturated heterocycles. The molecule has 0 aromatic rings. The Labute approximate surface area is 111 Å². The van der Waals surface area contributed by atoms with Gasteiger partial charge in [-0.3, -0.25) is 0 Å². The van der Waals surface area contributed by atoms with Gasteiger partial charge in [0.2, 0.25) is 0 Å². The summed E-state index contributed by atoms with van der Waals surface area (Å²) in [6.07, 6.45) is 2.88. The van der Waals surface area contributed by atoms with E-state index in [4.69, 9.17) is 5.73 Å². The number of hydrogen-bond donors (Lipinski definition) is 2. The van der Waals surface area contributed by atoms with Crippen LogP contribution >= 0.6 is 0 Å². The summed E-state index contributed by atoms with van der Waals surface area (Å²) in [4.78, 5) is 0. The first-order chi connectivity index (χ1) is 8.27. The molecule has 5 nitrogen and oxygen atoms in total. The van der Waals surface area contributed by atoms with E-state index >= 15 is 0 Å². The summed E-state index contributed by atoms with van der Waals surface area (Å²) in [6, 6.07) is 0. The molecule has 1 heterocycles. The number of hydrogen-bond acceptors (Lipinski definition) is 3. The Morgan fingerprint density at radius 2 is 2.11 bits per heavy atom. The van der Waals surface area contributed by atoms with Crippen LogP contribution in [0.4, 0.5) is 0 Å². The lowest BCUT2D eigenvalue weighted by Crippen LogP contribution is -2.47. The topological polar surface area (TPSA) is 75.4 Å². The van der Waals surface area contributed by atoms with E-state index in [-0.39, 0.29) is 5.41 Å². The zero-order valence-electron chi connectivity index (χ0n) is 11.8. The molecular weight excluding hydrogens is 250 g/mol. The van der Waals surface area contributed by atoms with Gasteiger partial charge in [-0.15, -0.1) is 0 Å². The summed E-state index contributed by atoms with van der Waals surface area (Å²) in [5.41, 5.74) is 5.43. The van der Waals surface area contributed by atoms with E-state index in [2.05, 4.69) is 11.6 Å². The highest BCUT2D eigenvalue weighted by molar-refractivity contribution is 7.87. The zero-order chi connectivity index (χ0) is 13.8. The minimum absolute atomic E-state index is 0.0940. The number of nitrogens with two attached hydrogens (primary N) is 1. The van der Waals surface area contributed by atoms with E-state index in [0.717, 1.165) is 19.3 Å². The van der Waals surface area contributed by atoms with Crippen molar-refractivity contribution in [2.24, 2.45) is 17.1 Å². The third kappa shape index (κ3) is 4.84. The molecule has 1 aliphatic rings. The molecule has 1 rings (SSSR count). The second-order valence-corrected chi connectivity index (χ2v) is 7.89. The number of nitrogens with zero attached hydrogens (tertiary/aromatic N) is 1. The van der Waals surface area contributed by atoms with E-state index < -0.39 is 10.2 Å². The van der Waals surface area contributed by atoms with Gasteiger partial charge in [0.25, 0.3) is 10.2 Å². The van der Waals surface area contributed by atoms with Crippen molar-refractivity contribution in [1.82, 2.24) is 9.03 Å². The highest BCUT2D eigenvalue weighted by atomic mass is 32.2. The Morgan fingerprint density at radius 3 is 2.67 bits per heavy atom. The van der Waals surface area contributed by atoms with Gasteiger partial charge >= 0.3 is 0 Å². The third-order valence-corrected chi connectivity index (χ3v) is 5.03. The molecular formula is C12H27N3O2S. The van der Waals surface area contributed by atoms with E-state index in [1.54, 1.807) is 4.31 Å². The molecule has 1 aliphatic heterocycles. The Morgan fingerprint density at radius 1 is 1.44 bits per heavy atom. The normalized spacial score (nSPS) is 23.2. The minimum atomic E-state index is -3.33. The van der Waals surface area contributed by atoms with Gasteiger partial charge in [0.05, 0.1) is 0 Å². The van der Waals surface area contributed by atoms with Crippen LogP contribution in [0.3, 0.4) is 0 Å². The number of rotatable bonds is 6. The highest BCUT2D eigenvalue weighted by Gasteiger charge is 2.28. The van der Waals surface area contributed by atoms with E-state index in [1.165, 1.54) is 0 Å². The lowest BCUT2D eigenvalue weighted by atomic mass is 9.90. The van der Waals surface area contributed by atoms with Crippen molar-refractivity contribution in [3.8, 4) is 0 Å². The lowest BCUT2D eigenvalue weighted by molar-refractivity contribution is 0.272. The van der Waals surface area contributed by atoms with Crippen molar-refractivity contribution in [3.05, 3.63) is 0 Å². The molecule has 0 spiro atoms. The maximum absolute atomic E-state index is 12.2. The van der Waals surface area contributed by atoms with Crippen molar-refractivity contribution >= 4 is 10.2 Å². The second kappa shape index (κ2) is 6.32. The Hall–Kier alpha value is -0.170. The van der Waals surface area contributed by atoms with E-state index in [0.29, 0.717) is 32.1 Å². The van der Waals surface area contributed by atoms with Gasteiger partial charge in [0.15, 0.2) is 0 Å². The molecule has 0 amide bonds. The first-order valence-electron chi connectivity index (χ1n) is 6.72. The first kappa shape index (κ1) is 15.9. The van der Waals surface area contributed by atoms with Gasteiger partial charge < -0.3 is 5.73 Å². The predicted octanol–water partition coefficient (Wildman–Crippen LogP) is 0.928. The molecule has 1 fully saturated rings. The van der Waals surface area contributed by atoms with Gasteiger partial charge in [0.1, 0.15) is 0 Å². The predicted molar refractivity (Wildman–Crippen MR) is 74.3 cm³/mol. The van der Waals surface area contributed by atoms with Gasteiger partial charge in [-0.25, -0.2) is 4.72 Å². The van der Waals surface area contributed by atoms with Crippen molar-refractivity contribution in [2.75, 3.05) is 26.2 Å². The summed E-state index contributed by atoms with van der Waals surface area (Å²) in [7, 11) is -3.33. The fourth-order valence-electron chi connectivity index (χ4n) is 2.22.